The number of anilines is 1. The molecule has 1 saturated heterocycles. The van der Waals surface area contributed by atoms with Crippen LogP contribution in [0.25, 0.3) is 0 Å². The van der Waals surface area contributed by atoms with Crippen molar-refractivity contribution < 1.29 is 23.4 Å². The van der Waals surface area contributed by atoms with E-state index < -0.39 is 24.0 Å². The van der Waals surface area contributed by atoms with Crippen LogP contribution in [0.1, 0.15) is 25.3 Å². The van der Waals surface area contributed by atoms with Crippen molar-refractivity contribution in [3.8, 4) is 0 Å². The Morgan fingerprint density at radius 1 is 1.53 bits per heavy atom. The van der Waals surface area contributed by atoms with E-state index in [1.165, 1.54) is 12.1 Å². The van der Waals surface area contributed by atoms with E-state index in [1.807, 2.05) is 0 Å². The maximum atomic E-state index is 13.5. The fraction of sp³-hybridized carbons (Fsp3) is 0.462. The normalized spacial score (nSPS) is 23.5. The van der Waals surface area contributed by atoms with Crippen LogP contribution < -0.4 is 5.73 Å². The quantitative estimate of drug-likeness (QED) is 0.666. The lowest BCUT2D eigenvalue weighted by Crippen LogP contribution is -2.45. The van der Waals surface area contributed by atoms with Crippen LogP contribution >= 0.6 is 0 Å². The van der Waals surface area contributed by atoms with Crippen molar-refractivity contribution in [3.63, 3.8) is 0 Å². The molecule has 2 N–H and O–H groups in total. The zero-order valence-corrected chi connectivity index (χ0v) is 10.8. The van der Waals surface area contributed by atoms with E-state index in [4.69, 9.17) is 19.9 Å². The third-order valence-electron chi connectivity index (χ3n) is 2.85. The van der Waals surface area contributed by atoms with Crippen LogP contribution in [0.3, 0.4) is 0 Å². The van der Waals surface area contributed by atoms with E-state index in [0.29, 0.717) is 5.56 Å². The van der Waals surface area contributed by atoms with E-state index in [2.05, 4.69) is 0 Å². The van der Waals surface area contributed by atoms with Crippen molar-refractivity contribution in [2.45, 2.75) is 32.3 Å². The molecule has 1 fully saturated rings. The number of esters is 1. The number of nitrogens with two attached hydrogens (primary N) is 1. The molecule has 1 aromatic rings. The lowest BCUT2D eigenvalue weighted by Gasteiger charge is -2.37. The highest BCUT2D eigenvalue weighted by Crippen LogP contribution is 2.33. The molecule has 0 aliphatic carbocycles. The Morgan fingerprint density at radius 2 is 2.21 bits per heavy atom. The first-order valence-electron chi connectivity index (χ1n) is 6.05. The Kier molecular flexibility index (Phi) is 4.01. The predicted molar refractivity (Wildman–Crippen MR) is 65.6 cm³/mol. The van der Waals surface area contributed by atoms with E-state index >= 15 is 0 Å². The maximum absolute atomic E-state index is 13.5. The Balaban J connectivity index is 2.25. The summed E-state index contributed by atoms with van der Waals surface area (Å²) in [6.07, 6.45) is -1.13. The summed E-state index contributed by atoms with van der Waals surface area (Å²) in [5.74, 6) is -1.91. The van der Waals surface area contributed by atoms with Crippen molar-refractivity contribution in [1.82, 2.24) is 0 Å². The molecule has 1 aliphatic rings. The number of ether oxygens (including phenoxy) is 3. The van der Waals surface area contributed by atoms with E-state index in [9.17, 15) is 9.18 Å². The van der Waals surface area contributed by atoms with Gasteiger partial charge in [0.05, 0.1) is 12.3 Å². The second-order valence-corrected chi connectivity index (χ2v) is 4.22. The third-order valence-corrected chi connectivity index (χ3v) is 2.85. The SMILES string of the molecule is CCOC(=O)C(c1ccc(N)c(F)c1)C1OC(C)O1. The molecular formula is C13H16FNO4. The second kappa shape index (κ2) is 5.54. The molecular weight excluding hydrogens is 253 g/mol. The van der Waals surface area contributed by atoms with Crippen LogP contribution in [0.5, 0.6) is 0 Å². The number of rotatable bonds is 4. The molecule has 0 spiro atoms. The molecule has 0 radical (unpaired) electrons. The van der Waals surface area contributed by atoms with Gasteiger partial charge in [-0.2, -0.15) is 0 Å². The minimum absolute atomic E-state index is 0.0233. The van der Waals surface area contributed by atoms with Crippen LogP contribution in [-0.4, -0.2) is 25.2 Å². The lowest BCUT2D eigenvalue weighted by molar-refractivity contribution is -0.380. The van der Waals surface area contributed by atoms with Gasteiger partial charge in [0.2, 0.25) is 0 Å². The molecule has 2 rings (SSSR count). The van der Waals surface area contributed by atoms with Gasteiger partial charge < -0.3 is 19.9 Å². The lowest BCUT2D eigenvalue weighted by atomic mass is 9.97. The summed E-state index contributed by atoms with van der Waals surface area (Å²) in [6.45, 7) is 3.64. The highest BCUT2D eigenvalue weighted by Gasteiger charge is 2.41. The van der Waals surface area contributed by atoms with Crippen LogP contribution in [0.4, 0.5) is 10.1 Å². The molecule has 0 aromatic heterocycles. The number of hydrogen-bond acceptors (Lipinski definition) is 5. The fourth-order valence-electron chi connectivity index (χ4n) is 1.92. The smallest absolute Gasteiger partial charge is 0.318 e. The standard InChI is InChI=1S/C13H16FNO4/c1-3-17-12(16)11(13-18-7(2)19-13)8-4-5-10(15)9(14)6-8/h4-7,11,13H,3,15H2,1-2H3. The van der Waals surface area contributed by atoms with Gasteiger partial charge in [-0.15, -0.1) is 0 Å². The number of carbonyl (C=O) groups excluding carboxylic acids is 1. The third kappa shape index (κ3) is 2.85. The van der Waals surface area contributed by atoms with Gasteiger partial charge >= 0.3 is 5.97 Å². The maximum Gasteiger partial charge on any atom is 0.318 e. The van der Waals surface area contributed by atoms with Crippen molar-refractivity contribution in [2.75, 3.05) is 12.3 Å². The number of nitrogen functional groups attached to an aromatic ring is 1. The van der Waals surface area contributed by atoms with Gasteiger partial charge in [-0.1, -0.05) is 6.07 Å². The molecule has 5 nitrogen and oxygen atoms in total. The van der Waals surface area contributed by atoms with Crippen molar-refractivity contribution >= 4 is 11.7 Å². The van der Waals surface area contributed by atoms with E-state index in [-0.39, 0.29) is 18.6 Å². The minimum Gasteiger partial charge on any atom is -0.465 e. The van der Waals surface area contributed by atoms with Gasteiger partial charge in [0.15, 0.2) is 12.6 Å². The average Bonchev–Trinajstić information content (AvgIpc) is 2.32. The number of benzene rings is 1. The highest BCUT2D eigenvalue weighted by atomic mass is 19.1. The zero-order valence-electron chi connectivity index (χ0n) is 10.8. The number of carbonyl (C=O) groups is 1. The summed E-state index contributed by atoms with van der Waals surface area (Å²) in [7, 11) is 0. The van der Waals surface area contributed by atoms with Crippen LogP contribution in [0.15, 0.2) is 18.2 Å². The monoisotopic (exact) mass is 269 g/mol. The number of hydrogen-bond donors (Lipinski definition) is 1. The minimum atomic E-state index is -0.814. The van der Waals surface area contributed by atoms with Crippen LogP contribution in [0.2, 0.25) is 0 Å². The molecule has 104 valence electrons. The molecule has 0 saturated carbocycles. The molecule has 1 unspecified atom stereocenters. The molecule has 1 heterocycles. The first kappa shape index (κ1) is 13.8. The summed E-state index contributed by atoms with van der Waals surface area (Å²) in [4.78, 5) is 11.9. The predicted octanol–water partition coefficient (Wildman–Crippen LogP) is 1.77. The van der Waals surface area contributed by atoms with Crippen LogP contribution in [0, 0.1) is 5.82 Å². The summed E-state index contributed by atoms with van der Waals surface area (Å²) in [5.41, 5.74) is 5.86. The van der Waals surface area contributed by atoms with E-state index in [1.54, 1.807) is 19.9 Å². The zero-order chi connectivity index (χ0) is 14.0. The molecule has 0 amide bonds. The van der Waals surface area contributed by atoms with Gasteiger partial charge in [0, 0.05) is 0 Å². The van der Waals surface area contributed by atoms with Gasteiger partial charge in [0.25, 0.3) is 0 Å². The Morgan fingerprint density at radius 3 is 2.74 bits per heavy atom. The van der Waals surface area contributed by atoms with Gasteiger partial charge in [-0.25, -0.2) is 4.39 Å². The molecule has 6 heteroatoms. The van der Waals surface area contributed by atoms with Crippen molar-refractivity contribution in [3.05, 3.63) is 29.6 Å². The van der Waals surface area contributed by atoms with Crippen molar-refractivity contribution in [1.29, 1.82) is 0 Å². The largest absolute Gasteiger partial charge is 0.465 e. The summed E-state index contributed by atoms with van der Waals surface area (Å²) < 4.78 is 29.1. The molecule has 19 heavy (non-hydrogen) atoms. The highest BCUT2D eigenvalue weighted by molar-refractivity contribution is 5.79. The molecule has 1 aliphatic heterocycles. The van der Waals surface area contributed by atoms with Gasteiger partial charge in [-0.3, -0.25) is 4.79 Å². The first-order chi connectivity index (χ1) is 9.02. The summed E-state index contributed by atoms with van der Waals surface area (Å²) in [5, 5.41) is 0. The number of halogens is 1. The second-order valence-electron chi connectivity index (χ2n) is 4.22. The molecule has 1 atom stereocenters. The fourth-order valence-corrected chi connectivity index (χ4v) is 1.92. The van der Waals surface area contributed by atoms with Gasteiger partial charge in [0.1, 0.15) is 11.7 Å². The van der Waals surface area contributed by atoms with Crippen LogP contribution in [-0.2, 0) is 19.0 Å². The average molecular weight is 269 g/mol. The Bertz CT molecular complexity index is 474. The topological polar surface area (TPSA) is 70.8 Å². The molecule has 1 aromatic carbocycles. The van der Waals surface area contributed by atoms with Gasteiger partial charge in [-0.05, 0) is 31.5 Å². The summed E-state index contributed by atoms with van der Waals surface area (Å²) >= 11 is 0. The first-order valence-corrected chi connectivity index (χ1v) is 6.05. The molecule has 0 bridgehead atoms. The van der Waals surface area contributed by atoms with E-state index in [0.717, 1.165) is 0 Å². The van der Waals surface area contributed by atoms with Crippen molar-refractivity contribution in [2.24, 2.45) is 0 Å². The summed E-state index contributed by atoms with van der Waals surface area (Å²) in [6, 6.07) is 4.17. The Labute approximate surface area is 110 Å². The Hall–Kier alpha value is -1.66.